The largest absolute Gasteiger partial charge is 0.469 e. The molecule has 2 fully saturated rings. The van der Waals surface area contributed by atoms with Crippen molar-refractivity contribution in [1.29, 1.82) is 0 Å². The highest BCUT2D eigenvalue weighted by Crippen LogP contribution is 2.19. The first kappa shape index (κ1) is 20.0. The van der Waals surface area contributed by atoms with E-state index in [0.29, 0.717) is 12.0 Å². The van der Waals surface area contributed by atoms with Gasteiger partial charge in [0.15, 0.2) is 5.96 Å². The SMILES string of the molecule is CN=C(NCC(CC(C)C)N1CCCC1)N1CCC(C(=O)OC)CC1. The number of methoxy groups -OCH3 is 1. The molecule has 6 heteroatoms. The number of rotatable bonds is 6. The average Bonchev–Trinajstić information content (AvgIpc) is 3.15. The van der Waals surface area contributed by atoms with Crippen LogP contribution in [0.3, 0.4) is 0 Å². The number of likely N-dealkylation sites (tertiary alicyclic amines) is 2. The standard InChI is InChI=1S/C19H36N4O2/c1-15(2)13-17(22-9-5-6-10-22)14-21-19(20-3)23-11-7-16(8-12-23)18(24)25-4/h15-17H,5-14H2,1-4H3,(H,20,21). The summed E-state index contributed by atoms with van der Waals surface area (Å²) in [6.45, 7) is 9.72. The van der Waals surface area contributed by atoms with Gasteiger partial charge in [-0.25, -0.2) is 0 Å². The Morgan fingerprint density at radius 2 is 1.84 bits per heavy atom. The van der Waals surface area contributed by atoms with Gasteiger partial charge in [-0.1, -0.05) is 13.8 Å². The van der Waals surface area contributed by atoms with Crippen LogP contribution in [0.5, 0.6) is 0 Å². The summed E-state index contributed by atoms with van der Waals surface area (Å²) in [5.41, 5.74) is 0. The number of carbonyl (C=O) groups excluding carboxylic acids is 1. The van der Waals surface area contributed by atoms with Crippen LogP contribution in [0.25, 0.3) is 0 Å². The van der Waals surface area contributed by atoms with Crippen molar-refractivity contribution >= 4 is 11.9 Å². The molecule has 2 aliphatic rings. The Morgan fingerprint density at radius 1 is 1.20 bits per heavy atom. The maximum absolute atomic E-state index is 11.7. The number of esters is 1. The van der Waals surface area contributed by atoms with Crippen molar-refractivity contribution in [3.05, 3.63) is 0 Å². The van der Waals surface area contributed by atoms with Crippen molar-refractivity contribution < 1.29 is 9.53 Å². The third-order valence-corrected chi connectivity index (χ3v) is 5.44. The molecule has 0 amide bonds. The molecule has 2 saturated heterocycles. The van der Waals surface area contributed by atoms with E-state index in [1.54, 1.807) is 0 Å². The van der Waals surface area contributed by atoms with Gasteiger partial charge < -0.3 is 15.0 Å². The van der Waals surface area contributed by atoms with Crippen LogP contribution in [0.1, 0.15) is 46.0 Å². The topological polar surface area (TPSA) is 57.2 Å². The molecule has 1 N–H and O–H groups in total. The lowest BCUT2D eigenvalue weighted by Crippen LogP contribution is -2.50. The first-order valence-electron chi connectivity index (χ1n) is 9.82. The van der Waals surface area contributed by atoms with E-state index in [-0.39, 0.29) is 11.9 Å². The van der Waals surface area contributed by atoms with E-state index in [1.165, 1.54) is 39.5 Å². The van der Waals surface area contributed by atoms with Crippen LogP contribution in [-0.4, -0.2) is 74.7 Å². The molecule has 2 heterocycles. The number of carbonyl (C=O) groups is 1. The summed E-state index contributed by atoms with van der Waals surface area (Å²) in [6, 6.07) is 0.576. The quantitative estimate of drug-likeness (QED) is 0.450. The molecule has 6 nitrogen and oxygen atoms in total. The Labute approximate surface area is 153 Å². The van der Waals surface area contributed by atoms with E-state index in [1.807, 2.05) is 7.05 Å². The average molecular weight is 353 g/mol. The molecule has 2 rings (SSSR count). The van der Waals surface area contributed by atoms with Gasteiger partial charge in [0, 0.05) is 32.7 Å². The molecule has 0 bridgehead atoms. The Balaban J connectivity index is 1.85. The van der Waals surface area contributed by atoms with Gasteiger partial charge in [0.25, 0.3) is 0 Å². The second-order valence-corrected chi connectivity index (χ2v) is 7.74. The number of ether oxygens (including phenoxy) is 1. The molecule has 0 aromatic heterocycles. The Hall–Kier alpha value is -1.30. The predicted molar refractivity (Wildman–Crippen MR) is 102 cm³/mol. The third kappa shape index (κ3) is 5.87. The van der Waals surface area contributed by atoms with Crippen molar-refractivity contribution in [2.75, 3.05) is 46.9 Å². The van der Waals surface area contributed by atoms with Gasteiger partial charge in [0.2, 0.25) is 0 Å². The minimum absolute atomic E-state index is 0.0395. The molecule has 0 aromatic rings. The van der Waals surface area contributed by atoms with Gasteiger partial charge in [-0.2, -0.15) is 0 Å². The van der Waals surface area contributed by atoms with Gasteiger partial charge in [-0.15, -0.1) is 0 Å². The summed E-state index contributed by atoms with van der Waals surface area (Å²) in [5.74, 6) is 1.63. The third-order valence-electron chi connectivity index (χ3n) is 5.44. The molecule has 0 saturated carbocycles. The molecule has 0 aromatic carbocycles. The van der Waals surface area contributed by atoms with Gasteiger partial charge in [0.1, 0.15) is 0 Å². The van der Waals surface area contributed by atoms with Gasteiger partial charge in [0.05, 0.1) is 13.0 Å². The van der Waals surface area contributed by atoms with E-state index in [0.717, 1.165) is 38.4 Å². The molecular weight excluding hydrogens is 316 g/mol. The fraction of sp³-hybridized carbons (Fsp3) is 0.895. The highest BCUT2D eigenvalue weighted by Gasteiger charge is 2.28. The van der Waals surface area contributed by atoms with Crippen LogP contribution in [0.15, 0.2) is 4.99 Å². The lowest BCUT2D eigenvalue weighted by atomic mass is 9.97. The number of aliphatic imine (C=N–C) groups is 1. The highest BCUT2D eigenvalue weighted by atomic mass is 16.5. The zero-order chi connectivity index (χ0) is 18.2. The Bertz CT molecular complexity index is 439. The maximum atomic E-state index is 11.7. The molecule has 1 unspecified atom stereocenters. The van der Waals surface area contributed by atoms with Crippen molar-refractivity contribution in [2.45, 2.75) is 52.0 Å². The van der Waals surface area contributed by atoms with Crippen LogP contribution in [0.4, 0.5) is 0 Å². The highest BCUT2D eigenvalue weighted by molar-refractivity contribution is 5.80. The first-order chi connectivity index (χ1) is 12.0. The van der Waals surface area contributed by atoms with Crippen molar-refractivity contribution in [1.82, 2.24) is 15.1 Å². The van der Waals surface area contributed by atoms with Crippen LogP contribution < -0.4 is 5.32 Å². The van der Waals surface area contributed by atoms with E-state index >= 15 is 0 Å². The number of nitrogens with one attached hydrogen (secondary N) is 1. The van der Waals surface area contributed by atoms with E-state index in [9.17, 15) is 4.79 Å². The minimum Gasteiger partial charge on any atom is -0.469 e. The normalized spacial score (nSPS) is 21.6. The molecule has 144 valence electrons. The van der Waals surface area contributed by atoms with Gasteiger partial charge in [-0.3, -0.25) is 14.7 Å². The fourth-order valence-electron chi connectivity index (χ4n) is 4.05. The summed E-state index contributed by atoms with van der Waals surface area (Å²) in [4.78, 5) is 21.1. The van der Waals surface area contributed by atoms with Crippen LogP contribution in [0.2, 0.25) is 0 Å². The predicted octanol–water partition coefficient (Wildman–Crippen LogP) is 1.96. The second-order valence-electron chi connectivity index (χ2n) is 7.74. The summed E-state index contributed by atoms with van der Waals surface area (Å²) in [6.07, 6.45) is 5.55. The summed E-state index contributed by atoms with van der Waals surface area (Å²) in [5, 5.41) is 3.60. The molecule has 0 radical (unpaired) electrons. The first-order valence-corrected chi connectivity index (χ1v) is 9.82. The van der Waals surface area contributed by atoms with Crippen molar-refractivity contribution in [3.8, 4) is 0 Å². The Morgan fingerprint density at radius 3 is 2.36 bits per heavy atom. The van der Waals surface area contributed by atoms with Crippen LogP contribution in [0, 0.1) is 11.8 Å². The maximum Gasteiger partial charge on any atom is 0.308 e. The smallest absolute Gasteiger partial charge is 0.308 e. The van der Waals surface area contributed by atoms with Gasteiger partial charge in [-0.05, 0) is 51.1 Å². The summed E-state index contributed by atoms with van der Waals surface area (Å²) >= 11 is 0. The molecule has 2 aliphatic heterocycles. The van der Waals surface area contributed by atoms with Crippen molar-refractivity contribution in [3.63, 3.8) is 0 Å². The van der Waals surface area contributed by atoms with E-state index in [4.69, 9.17) is 4.74 Å². The van der Waals surface area contributed by atoms with Gasteiger partial charge >= 0.3 is 5.97 Å². The van der Waals surface area contributed by atoms with E-state index < -0.39 is 0 Å². The summed E-state index contributed by atoms with van der Waals surface area (Å²) in [7, 11) is 3.32. The number of nitrogens with zero attached hydrogens (tertiary/aromatic N) is 3. The lowest BCUT2D eigenvalue weighted by molar-refractivity contribution is -0.146. The number of hydrogen-bond acceptors (Lipinski definition) is 4. The molecular formula is C19H36N4O2. The number of hydrogen-bond donors (Lipinski definition) is 1. The number of guanidine groups is 1. The summed E-state index contributed by atoms with van der Waals surface area (Å²) < 4.78 is 4.88. The molecule has 1 atom stereocenters. The Kier molecular flexibility index (Phi) is 8.00. The zero-order valence-electron chi connectivity index (χ0n) is 16.5. The van der Waals surface area contributed by atoms with Crippen molar-refractivity contribution in [2.24, 2.45) is 16.8 Å². The van der Waals surface area contributed by atoms with E-state index in [2.05, 4.69) is 34.0 Å². The number of piperidine rings is 1. The monoisotopic (exact) mass is 352 g/mol. The van der Waals surface area contributed by atoms with Crippen LogP contribution in [-0.2, 0) is 9.53 Å². The molecule has 25 heavy (non-hydrogen) atoms. The second kappa shape index (κ2) is 10.00. The zero-order valence-corrected chi connectivity index (χ0v) is 16.5. The van der Waals surface area contributed by atoms with Crippen LogP contribution >= 0.6 is 0 Å². The lowest BCUT2D eigenvalue weighted by Gasteiger charge is -2.35. The minimum atomic E-state index is -0.0753. The fourth-order valence-corrected chi connectivity index (χ4v) is 4.05. The molecule has 0 spiro atoms. The molecule has 0 aliphatic carbocycles.